The average molecular weight is 100 g/mol. The third-order valence-corrected chi connectivity index (χ3v) is 1.68. The largest absolute Gasteiger partial charge is 0.852 e. The highest BCUT2D eigenvalue weighted by molar-refractivity contribution is 6.43. The Morgan fingerprint density at radius 1 is 1.33 bits per heavy atom. The molecule has 0 unspecified atom stereocenters. The third-order valence-electron chi connectivity index (χ3n) is 0.596. The molecule has 0 aromatic carbocycles. The first-order valence-corrected chi connectivity index (χ1v) is 3.95. The second-order valence-corrected chi connectivity index (χ2v) is 2.79. The Labute approximate surface area is 41.4 Å². The summed E-state index contributed by atoms with van der Waals surface area (Å²) >= 11 is -1.16. The molecule has 3 heteroatoms. The second-order valence-electron chi connectivity index (χ2n) is 1.11. The van der Waals surface area contributed by atoms with Gasteiger partial charge in [0.15, 0.2) is 0 Å². The highest BCUT2D eigenvalue weighted by Gasteiger charge is 2.23. The van der Waals surface area contributed by atoms with Crippen LogP contribution < -0.4 is 0 Å². The van der Waals surface area contributed by atoms with Crippen molar-refractivity contribution in [1.82, 2.24) is 0 Å². The predicted octanol–water partition coefficient (Wildman–Crippen LogP) is 0.622. The first-order chi connectivity index (χ1) is 2.89. The van der Waals surface area contributed by atoms with Gasteiger partial charge in [0.25, 0.3) is 0 Å². The number of hydrogen-bond donors (Lipinski definition) is 0. The highest BCUT2D eigenvalue weighted by atomic mass is 27.2. The molecule has 0 N–H and O–H groups in total. The van der Waals surface area contributed by atoms with Gasteiger partial charge in [-0.2, -0.15) is 0 Å². The molecule has 6 heavy (non-hydrogen) atoms. The van der Waals surface area contributed by atoms with E-state index in [2.05, 4.69) is 0 Å². The van der Waals surface area contributed by atoms with E-state index in [9.17, 15) is 0 Å². The molecule has 0 atom stereocenters. The fourth-order valence-electron chi connectivity index (χ4n) is 0.318. The Hall–Kier alpha value is -0.128. The first-order valence-electron chi connectivity index (χ1n) is 1.85. The van der Waals surface area contributed by atoms with Gasteiger partial charge in [-0.05, 0) is 5.79 Å². The summed E-state index contributed by atoms with van der Waals surface area (Å²) in [6.45, 7) is 0. The molecule has 0 saturated carbocycles. The zero-order chi connectivity index (χ0) is 4.41. The molecule has 0 fully saturated rings. The van der Waals surface area contributed by atoms with Crippen molar-refractivity contribution < 1.29 is 7.58 Å². The summed E-state index contributed by atoms with van der Waals surface area (Å²) in [5.74, 6) is 1.97. The van der Waals surface area contributed by atoms with Gasteiger partial charge in [0.2, 0.25) is 0 Å². The molecule has 2 nitrogen and oxygen atoms in total. The third kappa shape index (κ3) is 0.677. The maximum atomic E-state index is 4.89. The van der Waals surface area contributed by atoms with Crippen LogP contribution in [0.5, 0.6) is 0 Å². The highest BCUT2D eigenvalue weighted by Crippen LogP contribution is 1.97. The molecule has 0 amide bonds. The summed E-state index contributed by atoms with van der Waals surface area (Å²) < 4.78 is 9.78. The van der Waals surface area contributed by atoms with Gasteiger partial charge in [-0.15, -0.1) is 0 Å². The maximum absolute atomic E-state index is 4.89. The lowest BCUT2D eigenvalue weighted by Crippen LogP contribution is -2.05. The summed E-state index contributed by atoms with van der Waals surface area (Å²) in [6.07, 6.45) is 3.19. The minimum absolute atomic E-state index is 1.16. The van der Waals surface area contributed by atoms with E-state index in [4.69, 9.17) is 7.58 Å². The van der Waals surface area contributed by atoms with E-state index in [1.54, 1.807) is 12.5 Å². The lowest BCUT2D eigenvalue weighted by atomic mass is 11.1. The summed E-state index contributed by atoms with van der Waals surface area (Å²) in [4.78, 5) is 0. The van der Waals surface area contributed by atoms with Gasteiger partial charge in [-0.3, -0.25) is 0 Å². The van der Waals surface area contributed by atoms with E-state index in [1.807, 2.05) is 5.79 Å². The van der Waals surface area contributed by atoms with Crippen molar-refractivity contribution >= 4 is 14.8 Å². The van der Waals surface area contributed by atoms with Gasteiger partial charge in [0.05, 0.1) is 12.5 Å². The van der Waals surface area contributed by atoms with Crippen LogP contribution in [-0.2, 0) is 7.58 Å². The maximum Gasteiger partial charge on any atom is 0.852 e. The lowest BCUT2D eigenvalue weighted by molar-refractivity contribution is 0.415. The Morgan fingerprint density at radius 3 is 2.00 bits per heavy atom. The molecular weight excluding hydrogens is 95.0 g/mol. The normalized spacial score (nSPS) is 17.2. The molecule has 0 radical (unpaired) electrons. The predicted molar refractivity (Wildman–Crippen MR) is 22.9 cm³/mol. The van der Waals surface area contributed by atoms with E-state index in [0.29, 0.717) is 0 Å². The smallest absolute Gasteiger partial charge is 0.615 e. The van der Waals surface area contributed by atoms with E-state index in [1.165, 1.54) is 0 Å². The van der Waals surface area contributed by atoms with Crippen molar-refractivity contribution in [2.75, 3.05) is 0 Å². The SMILES string of the molecule is [CH3][Al]1[O]C=C[O]1. The summed E-state index contributed by atoms with van der Waals surface area (Å²) in [5, 5.41) is 0. The van der Waals surface area contributed by atoms with E-state index < -0.39 is 14.8 Å². The second kappa shape index (κ2) is 1.55. The Balaban J connectivity index is 2.32. The molecule has 0 aliphatic carbocycles. The molecule has 0 spiro atoms. The van der Waals surface area contributed by atoms with Crippen LogP contribution in [0.2, 0.25) is 5.79 Å². The summed E-state index contributed by atoms with van der Waals surface area (Å²) in [6, 6.07) is 0. The van der Waals surface area contributed by atoms with Crippen LogP contribution in [0.25, 0.3) is 0 Å². The molecule has 1 aliphatic heterocycles. The van der Waals surface area contributed by atoms with Crippen LogP contribution >= 0.6 is 0 Å². The Bertz CT molecular complexity index is 63.2. The lowest BCUT2D eigenvalue weighted by Gasteiger charge is -1.89. The zero-order valence-corrected chi connectivity index (χ0v) is 4.70. The quantitative estimate of drug-likeness (QED) is 0.415. The molecule has 0 saturated heterocycles. The van der Waals surface area contributed by atoms with E-state index >= 15 is 0 Å². The van der Waals surface area contributed by atoms with Crippen LogP contribution in [-0.4, -0.2) is 14.8 Å². The number of hydrogen-bond acceptors (Lipinski definition) is 2. The Kier molecular flexibility index (Phi) is 1.04. The molecule has 0 aromatic rings. The summed E-state index contributed by atoms with van der Waals surface area (Å²) in [5.41, 5.74) is 0. The molecule has 1 aliphatic rings. The molecule has 0 aromatic heterocycles. The molecule has 1 rings (SSSR count). The topological polar surface area (TPSA) is 18.5 Å². The van der Waals surface area contributed by atoms with Crippen molar-refractivity contribution in [3.05, 3.63) is 12.5 Å². The molecular formula is C3H5AlO2. The van der Waals surface area contributed by atoms with Crippen LogP contribution in [0.15, 0.2) is 12.5 Å². The van der Waals surface area contributed by atoms with Gasteiger partial charge in [-0.25, -0.2) is 0 Å². The van der Waals surface area contributed by atoms with Crippen molar-refractivity contribution in [2.24, 2.45) is 0 Å². The van der Waals surface area contributed by atoms with Gasteiger partial charge >= 0.3 is 14.8 Å². The minimum Gasteiger partial charge on any atom is -0.615 e. The van der Waals surface area contributed by atoms with E-state index in [0.717, 1.165) is 0 Å². The fourth-order valence-corrected chi connectivity index (χ4v) is 0.953. The number of rotatable bonds is 0. The monoisotopic (exact) mass is 100 g/mol. The standard InChI is InChI=1S/C2H4O2.CH3.Al/c3-1-2-4;;/h1-4H;1H3;/q;;+2/p-2. The van der Waals surface area contributed by atoms with Crippen LogP contribution in [0.3, 0.4) is 0 Å². The summed E-state index contributed by atoms with van der Waals surface area (Å²) in [7, 11) is 0. The Morgan fingerprint density at radius 2 is 1.83 bits per heavy atom. The van der Waals surface area contributed by atoms with Crippen molar-refractivity contribution in [3.63, 3.8) is 0 Å². The van der Waals surface area contributed by atoms with E-state index in [-0.39, 0.29) is 0 Å². The fraction of sp³-hybridized carbons (Fsp3) is 0.333. The average Bonchev–Trinajstić information content (AvgIpc) is 1.86. The van der Waals surface area contributed by atoms with Gasteiger partial charge in [0.1, 0.15) is 0 Å². The van der Waals surface area contributed by atoms with Gasteiger partial charge in [-0.1, -0.05) is 0 Å². The van der Waals surface area contributed by atoms with Crippen LogP contribution in [0.4, 0.5) is 0 Å². The van der Waals surface area contributed by atoms with Crippen LogP contribution in [0.1, 0.15) is 0 Å². The van der Waals surface area contributed by atoms with Crippen molar-refractivity contribution in [1.29, 1.82) is 0 Å². The first kappa shape index (κ1) is 4.04. The van der Waals surface area contributed by atoms with Crippen molar-refractivity contribution in [3.8, 4) is 0 Å². The van der Waals surface area contributed by atoms with Crippen LogP contribution in [0, 0.1) is 0 Å². The molecule has 0 bridgehead atoms. The zero-order valence-electron chi connectivity index (χ0n) is 3.55. The van der Waals surface area contributed by atoms with Gasteiger partial charge < -0.3 is 7.58 Å². The minimum atomic E-state index is -1.16. The molecule has 32 valence electrons. The molecule has 1 heterocycles. The van der Waals surface area contributed by atoms with Gasteiger partial charge in [0, 0.05) is 0 Å². The van der Waals surface area contributed by atoms with Crippen molar-refractivity contribution in [2.45, 2.75) is 5.79 Å².